The van der Waals surface area contributed by atoms with Crippen molar-refractivity contribution >= 4 is 5.97 Å². The van der Waals surface area contributed by atoms with Crippen molar-refractivity contribution in [1.29, 1.82) is 0 Å². The second-order valence-corrected chi connectivity index (χ2v) is 5.26. The third-order valence-corrected chi connectivity index (χ3v) is 3.21. The number of nitrogens with zero attached hydrogens (tertiary/aromatic N) is 1. The van der Waals surface area contributed by atoms with Crippen LogP contribution in [0.2, 0.25) is 0 Å². The van der Waals surface area contributed by atoms with E-state index in [1.165, 1.54) is 25.7 Å². The van der Waals surface area contributed by atoms with Crippen LogP contribution >= 0.6 is 0 Å². The maximum Gasteiger partial charge on any atom is 0.330 e. The fraction of sp³-hybridized carbons (Fsp3) is 0.812. The van der Waals surface area contributed by atoms with E-state index in [1.807, 2.05) is 6.08 Å². The molecule has 0 saturated carbocycles. The Morgan fingerprint density at radius 3 is 2.37 bits per heavy atom. The number of likely N-dealkylation sites (N-methyl/N-ethyl adjacent to an activating group) is 1. The van der Waals surface area contributed by atoms with E-state index < -0.39 is 0 Å². The lowest BCUT2D eigenvalue weighted by atomic mass is 10.1. The molecule has 0 aromatic carbocycles. The van der Waals surface area contributed by atoms with Gasteiger partial charge in [0.1, 0.15) is 0 Å². The highest BCUT2D eigenvalue weighted by molar-refractivity contribution is 5.81. The van der Waals surface area contributed by atoms with Crippen molar-refractivity contribution in [3.63, 3.8) is 0 Å². The minimum absolute atomic E-state index is 0.214. The van der Waals surface area contributed by atoms with Crippen molar-refractivity contribution in [3.8, 4) is 0 Å². The molecule has 0 saturated heterocycles. The van der Waals surface area contributed by atoms with Gasteiger partial charge < -0.3 is 9.64 Å². The van der Waals surface area contributed by atoms with Gasteiger partial charge in [-0.1, -0.05) is 52.0 Å². The quantitative estimate of drug-likeness (QED) is 0.325. The summed E-state index contributed by atoms with van der Waals surface area (Å²) in [6.07, 6.45) is 11.7. The predicted octanol–water partition coefficient (Wildman–Crippen LogP) is 3.79. The van der Waals surface area contributed by atoms with Crippen molar-refractivity contribution in [2.45, 2.75) is 64.8 Å². The van der Waals surface area contributed by atoms with Crippen LogP contribution in [-0.4, -0.2) is 37.6 Å². The van der Waals surface area contributed by atoms with Gasteiger partial charge in [-0.3, -0.25) is 0 Å². The van der Waals surface area contributed by atoms with Crippen LogP contribution in [0.4, 0.5) is 0 Å². The molecule has 1 atom stereocenters. The Hall–Kier alpha value is -0.830. The van der Waals surface area contributed by atoms with Gasteiger partial charge in [-0.25, -0.2) is 4.79 Å². The molecule has 0 heterocycles. The minimum atomic E-state index is -0.214. The van der Waals surface area contributed by atoms with E-state index in [1.54, 1.807) is 6.08 Å². The molecule has 0 N–H and O–H groups in total. The topological polar surface area (TPSA) is 29.5 Å². The van der Waals surface area contributed by atoms with Gasteiger partial charge in [-0.05, 0) is 26.9 Å². The number of esters is 1. The lowest BCUT2D eigenvalue weighted by molar-refractivity contribution is -0.137. The first-order chi connectivity index (χ1) is 9.11. The minimum Gasteiger partial charge on any atom is -0.463 e. The Morgan fingerprint density at radius 2 is 1.79 bits per heavy atom. The standard InChI is InChI=1S/C16H31NO2/c1-5-7-9-10-11-15(17(3)4)12-13-16(18)19-14-8-6-2/h12-13,15H,5-11,14H2,1-4H3/b13-12+. The van der Waals surface area contributed by atoms with E-state index in [4.69, 9.17) is 4.74 Å². The number of carbonyl (C=O) groups excluding carboxylic acids is 1. The van der Waals surface area contributed by atoms with E-state index in [9.17, 15) is 4.79 Å². The second-order valence-electron chi connectivity index (χ2n) is 5.26. The molecule has 1 unspecified atom stereocenters. The maximum absolute atomic E-state index is 11.5. The van der Waals surface area contributed by atoms with Crippen LogP contribution in [0.3, 0.4) is 0 Å². The van der Waals surface area contributed by atoms with Crippen molar-refractivity contribution < 1.29 is 9.53 Å². The van der Waals surface area contributed by atoms with Gasteiger partial charge in [-0.15, -0.1) is 0 Å². The Morgan fingerprint density at radius 1 is 1.11 bits per heavy atom. The second kappa shape index (κ2) is 12.2. The maximum atomic E-state index is 11.5. The normalized spacial score (nSPS) is 13.1. The molecule has 0 aliphatic carbocycles. The van der Waals surface area contributed by atoms with Gasteiger partial charge in [0.2, 0.25) is 0 Å². The van der Waals surface area contributed by atoms with Gasteiger partial charge in [0.05, 0.1) is 6.61 Å². The molecular formula is C16H31NO2. The van der Waals surface area contributed by atoms with Gasteiger partial charge in [0, 0.05) is 12.1 Å². The number of carbonyl (C=O) groups is 1. The van der Waals surface area contributed by atoms with Gasteiger partial charge >= 0.3 is 5.97 Å². The molecule has 0 fully saturated rings. The van der Waals surface area contributed by atoms with Crippen LogP contribution in [0.1, 0.15) is 58.8 Å². The number of hydrogen-bond donors (Lipinski definition) is 0. The molecule has 0 aliphatic heterocycles. The first-order valence-electron chi connectivity index (χ1n) is 7.63. The molecule has 3 nitrogen and oxygen atoms in total. The highest BCUT2D eigenvalue weighted by Crippen LogP contribution is 2.10. The molecule has 0 amide bonds. The SMILES string of the molecule is CCCCCCC(/C=C/C(=O)OCCCC)N(C)C. The average molecular weight is 269 g/mol. The Balaban J connectivity index is 3.99. The van der Waals surface area contributed by atoms with Crippen LogP contribution < -0.4 is 0 Å². The third-order valence-electron chi connectivity index (χ3n) is 3.21. The summed E-state index contributed by atoms with van der Waals surface area (Å²) in [4.78, 5) is 13.6. The highest BCUT2D eigenvalue weighted by Gasteiger charge is 2.08. The number of ether oxygens (including phenoxy) is 1. The summed E-state index contributed by atoms with van der Waals surface area (Å²) in [7, 11) is 4.11. The fourth-order valence-corrected chi connectivity index (χ4v) is 1.86. The molecule has 0 aromatic rings. The van der Waals surface area contributed by atoms with E-state index in [2.05, 4.69) is 32.8 Å². The monoisotopic (exact) mass is 269 g/mol. The van der Waals surface area contributed by atoms with Crippen LogP contribution in [0.15, 0.2) is 12.2 Å². The smallest absolute Gasteiger partial charge is 0.330 e. The van der Waals surface area contributed by atoms with Gasteiger partial charge in [0.15, 0.2) is 0 Å². The summed E-state index contributed by atoms with van der Waals surface area (Å²) in [6, 6.07) is 0.329. The molecule has 3 heteroatoms. The highest BCUT2D eigenvalue weighted by atomic mass is 16.5. The van der Waals surface area contributed by atoms with Crippen LogP contribution in [0, 0.1) is 0 Å². The predicted molar refractivity (Wildman–Crippen MR) is 81.2 cm³/mol. The summed E-state index contributed by atoms with van der Waals surface area (Å²) >= 11 is 0. The average Bonchev–Trinajstić information content (AvgIpc) is 2.37. The summed E-state index contributed by atoms with van der Waals surface area (Å²) in [5, 5.41) is 0. The molecule has 0 aromatic heterocycles. The molecule has 0 rings (SSSR count). The molecule has 19 heavy (non-hydrogen) atoms. The van der Waals surface area contributed by atoms with E-state index >= 15 is 0 Å². The molecule has 0 aliphatic rings. The summed E-state index contributed by atoms with van der Waals surface area (Å²) in [5.74, 6) is -0.214. The zero-order valence-corrected chi connectivity index (χ0v) is 13.2. The first kappa shape index (κ1) is 18.2. The summed E-state index contributed by atoms with van der Waals surface area (Å²) in [5.41, 5.74) is 0. The summed E-state index contributed by atoms with van der Waals surface area (Å²) < 4.78 is 5.11. The zero-order valence-electron chi connectivity index (χ0n) is 13.2. The number of hydrogen-bond acceptors (Lipinski definition) is 3. The van der Waals surface area contributed by atoms with Crippen molar-refractivity contribution in [3.05, 3.63) is 12.2 Å². The molecule has 0 bridgehead atoms. The van der Waals surface area contributed by atoms with E-state index in [0.717, 1.165) is 19.3 Å². The number of unbranched alkanes of at least 4 members (excludes halogenated alkanes) is 4. The van der Waals surface area contributed by atoms with Gasteiger partial charge in [0.25, 0.3) is 0 Å². The third kappa shape index (κ3) is 10.8. The van der Waals surface area contributed by atoms with Crippen molar-refractivity contribution in [2.75, 3.05) is 20.7 Å². The van der Waals surface area contributed by atoms with Crippen LogP contribution in [0.5, 0.6) is 0 Å². The number of rotatable bonds is 11. The lowest BCUT2D eigenvalue weighted by Crippen LogP contribution is -2.26. The Bertz CT molecular complexity index is 249. The van der Waals surface area contributed by atoms with Crippen LogP contribution in [-0.2, 0) is 9.53 Å². The van der Waals surface area contributed by atoms with E-state index in [0.29, 0.717) is 12.6 Å². The Labute approximate surface area is 119 Å². The molecular weight excluding hydrogens is 238 g/mol. The molecule has 0 spiro atoms. The molecule has 112 valence electrons. The van der Waals surface area contributed by atoms with Crippen molar-refractivity contribution in [2.24, 2.45) is 0 Å². The molecule has 0 radical (unpaired) electrons. The fourth-order valence-electron chi connectivity index (χ4n) is 1.86. The summed E-state index contributed by atoms with van der Waals surface area (Å²) in [6.45, 7) is 4.83. The lowest BCUT2D eigenvalue weighted by Gasteiger charge is -2.20. The van der Waals surface area contributed by atoms with Gasteiger partial charge in [-0.2, -0.15) is 0 Å². The van der Waals surface area contributed by atoms with Crippen molar-refractivity contribution in [1.82, 2.24) is 4.90 Å². The van der Waals surface area contributed by atoms with E-state index in [-0.39, 0.29) is 5.97 Å². The first-order valence-corrected chi connectivity index (χ1v) is 7.63. The Kier molecular flexibility index (Phi) is 11.7. The largest absolute Gasteiger partial charge is 0.463 e. The van der Waals surface area contributed by atoms with Crippen LogP contribution in [0.25, 0.3) is 0 Å². The zero-order chi connectivity index (χ0) is 14.5.